The van der Waals surface area contributed by atoms with Crippen LogP contribution in [0.25, 0.3) is 0 Å². The summed E-state index contributed by atoms with van der Waals surface area (Å²) < 4.78 is 38.6. The van der Waals surface area contributed by atoms with E-state index in [0.717, 1.165) is 17.0 Å². The molecule has 1 rings (SSSR count). The van der Waals surface area contributed by atoms with E-state index in [-0.39, 0.29) is 12.2 Å². The summed E-state index contributed by atoms with van der Waals surface area (Å²) in [5, 5.41) is 2.10. The summed E-state index contributed by atoms with van der Waals surface area (Å²) in [6.45, 7) is 3.11. The fourth-order valence-electron chi connectivity index (χ4n) is 1.75. The molecule has 0 saturated heterocycles. The lowest BCUT2D eigenvalue weighted by Gasteiger charge is -2.22. The molecule has 122 valence electrons. The zero-order chi connectivity index (χ0) is 16.9. The molecule has 0 fully saturated rings. The Bertz CT molecular complexity index is 562. The van der Waals surface area contributed by atoms with Crippen LogP contribution in [0, 0.1) is 0 Å². The summed E-state index contributed by atoms with van der Waals surface area (Å²) in [6, 6.07) is 3.09. The lowest BCUT2D eigenvalue weighted by atomic mass is 10.1. The molecule has 8 heteroatoms. The lowest BCUT2D eigenvalue weighted by Crippen LogP contribution is -2.40. The predicted molar refractivity (Wildman–Crippen MR) is 77.8 cm³/mol. The van der Waals surface area contributed by atoms with Gasteiger partial charge in [-0.05, 0) is 24.6 Å². The van der Waals surface area contributed by atoms with Crippen LogP contribution in [0.1, 0.15) is 25.8 Å². The van der Waals surface area contributed by atoms with E-state index in [2.05, 4.69) is 5.32 Å². The Labute approximate surface area is 131 Å². The molecule has 0 bridgehead atoms. The van der Waals surface area contributed by atoms with Crippen LogP contribution < -0.4 is 10.2 Å². The number of hydrogen-bond donors (Lipinski definition) is 1. The Hall–Kier alpha value is -1.76. The summed E-state index contributed by atoms with van der Waals surface area (Å²) in [7, 11) is 0. The second-order valence-electron chi connectivity index (χ2n) is 4.62. The molecule has 0 spiro atoms. The third-order valence-electron chi connectivity index (χ3n) is 2.82. The van der Waals surface area contributed by atoms with Crippen molar-refractivity contribution in [2.24, 2.45) is 0 Å². The fraction of sp³-hybridized carbons (Fsp3) is 0.429. The maximum Gasteiger partial charge on any atom is 0.417 e. The molecule has 2 amide bonds. The van der Waals surface area contributed by atoms with Crippen LogP contribution in [-0.4, -0.2) is 24.9 Å². The minimum absolute atomic E-state index is 0.0316. The van der Waals surface area contributed by atoms with E-state index in [0.29, 0.717) is 13.0 Å². The van der Waals surface area contributed by atoms with Gasteiger partial charge in [0, 0.05) is 19.2 Å². The van der Waals surface area contributed by atoms with Crippen molar-refractivity contribution in [3.63, 3.8) is 0 Å². The molecule has 0 atom stereocenters. The molecule has 0 unspecified atom stereocenters. The van der Waals surface area contributed by atoms with Gasteiger partial charge in [0.1, 0.15) is 6.54 Å². The largest absolute Gasteiger partial charge is 0.417 e. The van der Waals surface area contributed by atoms with Crippen molar-refractivity contribution in [1.82, 2.24) is 5.32 Å². The summed E-state index contributed by atoms with van der Waals surface area (Å²) in [5.74, 6) is -0.984. The van der Waals surface area contributed by atoms with E-state index in [1.807, 2.05) is 6.92 Å². The highest BCUT2D eigenvalue weighted by Gasteiger charge is 2.34. The number of hydrogen-bond acceptors (Lipinski definition) is 2. The predicted octanol–water partition coefficient (Wildman–Crippen LogP) is 3.24. The molecule has 0 radical (unpaired) electrons. The first-order valence-corrected chi connectivity index (χ1v) is 6.96. The van der Waals surface area contributed by atoms with Crippen molar-refractivity contribution in [3.05, 3.63) is 28.8 Å². The van der Waals surface area contributed by atoms with E-state index in [1.165, 1.54) is 13.0 Å². The van der Waals surface area contributed by atoms with E-state index in [4.69, 9.17) is 11.6 Å². The number of halogens is 4. The molecule has 1 aromatic rings. The Morgan fingerprint density at radius 2 is 1.95 bits per heavy atom. The monoisotopic (exact) mass is 336 g/mol. The standard InChI is InChI=1S/C14H16ClF3N2O2/c1-3-6-19-13(22)8-20(9(2)21)10-4-5-12(15)11(7-10)14(16,17)18/h4-5,7H,3,6,8H2,1-2H3,(H,19,22). The summed E-state index contributed by atoms with van der Waals surface area (Å²) in [6.07, 6.45) is -3.93. The number of carbonyl (C=O) groups is 2. The Balaban J connectivity index is 3.07. The summed E-state index contributed by atoms with van der Waals surface area (Å²) in [4.78, 5) is 24.3. The number of amides is 2. The van der Waals surface area contributed by atoms with E-state index < -0.39 is 28.6 Å². The molecule has 1 N–H and O–H groups in total. The molecular formula is C14H16ClF3N2O2. The average molecular weight is 337 g/mol. The zero-order valence-electron chi connectivity index (χ0n) is 12.1. The Kier molecular flexibility index (Phi) is 6.22. The number of carbonyl (C=O) groups excluding carboxylic acids is 2. The highest BCUT2D eigenvalue weighted by atomic mass is 35.5. The smallest absolute Gasteiger partial charge is 0.355 e. The van der Waals surface area contributed by atoms with E-state index in [9.17, 15) is 22.8 Å². The lowest BCUT2D eigenvalue weighted by molar-refractivity contribution is -0.137. The molecule has 0 aliphatic heterocycles. The number of nitrogens with one attached hydrogen (secondary N) is 1. The normalized spacial score (nSPS) is 11.2. The van der Waals surface area contributed by atoms with Gasteiger partial charge in [-0.25, -0.2) is 0 Å². The van der Waals surface area contributed by atoms with Gasteiger partial charge in [0.2, 0.25) is 11.8 Å². The number of benzene rings is 1. The van der Waals surface area contributed by atoms with Crippen LogP contribution >= 0.6 is 11.6 Å². The van der Waals surface area contributed by atoms with Gasteiger partial charge >= 0.3 is 6.18 Å². The highest BCUT2D eigenvalue weighted by Crippen LogP contribution is 2.36. The molecule has 0 aliphatic rings. The summed E-state index contributed by atoms with van der Waals surface area (Å²) >= 11 is 5.54. The van der Waals surface area contributed by atoms with Crippen molar-refractivity contribution < 1.29 is 22.8 Å². The quantitative estimate of drug-likeness (QED) is 0.897. The van der Waals surface area contributed by atoms with Gasteiger partial charge in [-0.1, -0.05) is 18.5 Å². The van der Waals surface area contributed by atoms with Crippen molar-refractivity contribution in [2.75, 3.05) is 18.0 Å². The number of alkyl halides is 3. The van der Waals surface area contributed by atoms with Gasteiger partial charge in [0.15, 0.2) is 0 Å². The minimum atomic E-state index is -4.64. The van der Waals surface area contributed by atoms with Crippen LogP contribution in [0.3, 0.4) is 0 Å². The van der Waals surface area contributed by atoms with Gasteiger partial charge in [-0.3, -0.25) is 9.59 Å². The number of rotatable bonds is 5. The van der Waals surface area contributed by atoms with Crippen molar-refractivity contribution in [2.45, 2.75) is 26.4 Å². The molecule has 0 heterocycles. The maximum atomic E-state index is 12.9. The van der Waals surface area contributed by atoms with Crippen LogP contribution in [0.4, 0.5) is 18.9 Å². The second kappa shape index (κ2) is 7.49. The third kappa shape index (κ3) is 4.91. The Morgan fingerprint density at radius 3 is 2.45 bits per heavy atom. The first kappa shape index (κ1) is 18.3. The van der Waals surface area contributed by atoms with Gasteiger partial charge in [-0.15, -0.1) is 0 Å². The van der Waals surface area contributed by atoms with E-state index in [1.54, 1.807) is 0 Å². The molecule has 22 heavy (non-hydrogen) atoms. The fourth-order valence-corrected chi connectivity index (χ4v) is 1.97. The summed E-state index contributed by atoms with van der Waals surface area (Å²) in [5.41, 5.74) is -1.08. The Morgan fingerprint density at radius 1 is 1.32 bits per heavy atom. The van der Waals surface area contributed by atoms with Crippen molar-refractivity contribution in [3.8, 4) is 0 Å². The van der Waals surface area contributed by atoms with Gasteiger partial charge < -0.3 is 10.2 Å². The SMILES string of the molecule is CCCNC(=O)CN(C(C)=O)c1ccc(Cl)c(C(F)(F)F)c1. The highest BCUT2D eigenvalue weighted by molar-refractivity contribution is 6.31. The van der Waals surface area contributed by atoms with Crippen molar-refractivity contribution in [1.29, 1.82) is 0 Å². The van der Waals surface area contributed by atoms with E-state index >= 15 is 0 Å². The zero-order valence-corrected chi connectivity index (χ0v) is 12.9. The minimum Gasteiger partial charge on any atom is -0.355 e. The van der Waals surface area contributed by atoms with Gasteiger partial charge in [-0.2, -0.15) is 13.2 Å². The molecule has 0 aliphatic carbocycles. The first-order chi connectivity index (χ1) is 10.2. The first-order valence-electron chi connectivity index (χ1n) is 6.58. The molecular weight excluding hydrogens is 321 g/mol. The second-order valence-corrected chi connectivity index (χ2v) is 5.02. The van der Waals surface area contributed by atoms with Crippen LogP contribution in [0.2, 0.25) is 5.02 Å². The average Bonchev–Trinajstić information content (AvgIpc) is 2.41. The maximum absolute atomic E-state index is 12.9. The van der Waals surface area contributed by atoms with Gasteiger partial charge in [0.05, 0.1) is 10.6 Å². The molecule has 1 aromatic carbocycles. The third-order valence-corrected chi connectivity index (χ3v) is 3.15. The van der Waals surface area contributed by atoms with Crippen molar-refractivity contribution >= 4 is 29.1 Å². The topological polar surface area (TPSA) is 49.4 Å². The number of nitrogens with zero attached hydrogens (tertiary/aromatic N) is 1. The van der Waals surface area contributed by atoms with Gasteiger partial charge in [0.25, 0.3) is 0 Å². The van der Waals surface area contributed by atoms with Crippen LogP contribution in [-0.2, 0) is 15.8 Å². The van der Waals surface area contributed by atoms with Crippen LogP contribution in [0.15, 0.2) is 18.2 Å². The number of anilines is 1. The molecule has 0 aromatic heterocycles. The van der Waals surface area contributed by atoms with Crippen LogP contribution in [0.5, 0.6) is 0 Å². The molecule has 0 saturated carbocycles. The molecule has 4 nitrogen and oxygen atoms in total.